The summed E-state index contributed by atoms with van der Waals surface area (Å²) in [7, 11) is 0. The fourth-order valence-corrected chi connectivity index (χ4v) is 3.73. The first kappa shape index (κ1) is 12.1. The molecule has 0 saturated carbocycles. The van der Waals surface area contributed by atoms with Gasteiger partial charge in [0.2, 0.25) is 0 Å². The Morgan fingerprint density at radius 1 is 0.950 bits per heavy atom. The maximum absolute atomic E-state index is 4.63. The number of rotatable bonds is 2. The highest BCUT2D eigenvalue weighted by Crippen LogP contribution is 2.30. The summed E-state index contributed by atoms with van der Waals surface area (Å²) in [5.74, 6) is 0. The molecule has 2 aromatic rings. The number of nitrogens with zero attached hydrogens (tertiary/aromatic N) is 1. The topological polar surface area (TPSA) is 24.9 Å². The average molecular weight is 264 g/mol. The molecule has 0 bridgehead atoms. The third kappa shape index (κ3) is 2.14. The van der Waals surface area contributed by atoms with Crippen molar-refractivity contribution in [2.24, 2.45) is 0 Å². The summed E-state index contributed by atoms with van der Waals surface area (Å²) in [6.07, 6.45) is 7.94. The Morgan fingerprint density at radius 3 is 2.50 bits per heavy atom. The highest BCUT2D eigenvalue weighted by Gasteiger charge is 2.27. The fourth-order valence-electron chi connectivity index (χ4n) is 3.73. The molecule has 102 valence electrons. The van der Waals surface area contributed by atoms with Crippen molar-refractivity contribution in [3.05, 3.63) is 65.0 Å². The van der Waals surface area contributed by atoms with Crippen molar-refractivity contribution >= 4 is 0 Å². The van der Waals surface area contributed by atoms with E-state index in [1.165, 1.54) is 41.6 Å². The molecule has 0 saturated heterocycles. The maximum atomic E-state index is 4.63. The van der Waals surface area contributed by atoms with E-state index < -0.39 is 0 Å². The Balaban J connectivity index is 1.52. The second-order valence-electron chi connectivity index (χ2n) is 6.03. The standard InChI is InChI=1S/C18H20N2/c1-2-6-15-12-16(11-14(15)5-1)20-17-9-3-7-13-8-4-10-19-18(13)17/h1-2,4-6,8,10,16-17,20H,3,7,9,11-12H2. The molecule has 4 rings (SSSR count). The lowest BCUT2D eigenvalue weighted by Crippen LogP contribution is -2.35. The number of aromatic nitrogens is 1. The van der Waals surface area contributed by atoms with Crippen LogP contribution in [0, 0.1) is 0 Å². The van der Waals surface area contributed by atoms with E-state index >= 15 is 0 Å². The van der Waals surface area contributed by atoms with Crippen molar-refractivity contribution in [1.29, 1.82) is 0 Å². The molecule has 1 heterocycles. The first-order valence-electron chi connectivity index (χ1n) is 7.67. The third-order valence-corrected chi connectivity index (χ3v) is 4.68. The molecule has 2 aliphatic rings. The minimum atomic E-state index is 0.444. The van der Waals surface area contributed by atoms with Gasteiger partial charge < -0.3 is 5.32 Å². The Bertz CT molecular complexity index is 595. The van der Waals surface area contributed by atoms with Crippen LogP contribution in [-0.4, -0.2) is 11.0 Å². The highest BCUT2D eigenvalue weighted by atomic mass is 15.0. The fraction of sp³-hybridized carbons (Fsp3) is 0.389. The van der Waals surface area contributed by atoms with Crippen molar-refractivity contribution in [2.45, 2.75) is 44.2 Å². The number of hydrogen-bond acceptors (Lipinski definition) is 2. The summed E-state index contributed by atoms with van der Waals surface area (Å²) >= 11 is 0. The molecule has 2 nitrogen and oxygen atoms in total. The summed E-state index contributed by atoms with van der Waals surface area (Å²) in [4.78, 5) is 4.63. The Morgan fingerprint density at radius 2 is 1.70 bits per heavy atom. The zero-order chi connectivity index (χ0) is 13.4. The third-order valence-electron chi connectivity index (χ3n) is 4.68. The van der Waals surface area contributed by atoms with Crippen LogP contribution in [-0.2, 0) is 19.3 Å². The van der Waals surface area contributed by atoms with Crippen molar-refractivity contribution in [2.75, 3.05) is 0 Å². The Kier molecular flexibility index (Phi) is 3.04. The van der Waals surface area contributed by atoms with Gasteiger partial charge in [0.15, 0.2) is 0 Å². The van der Waals surface area contributed by atoms with Gasteiger partial charge in [-0.2, -0.15) is 0 Å². The molecule has 2 aliphatic carbocycles. The van der Waals surface area contributed by atoms with Gasteiger partial charge in [-0.3, -0.25) is 4.98 Å². The molecular formula is C18H20N2. The van der Waals surface area contributed by atoms with E-state index in [9.17, 15) is 0 Å². The summed E-state index contributed by atoms with van der Waals surface area (Å²) in [6.45, 7) is 0. The van der Waals surface area contributed by atoms with E-state index in [0.29, 0.717) is 12.1 Å². The summed E-state index contributed by atoms with van der Waals surface area (Å²) in [5, 5.41) is 3.86. The van der Waals surface area contributed by atoms with Crippen LogP contribution in [0.3, 0.4) is 0 Å². The predicted octanol–water partition coefficient (Wildman–Crippen LogP) is 3.22. The van der Waals surface area contributed by atoms with E-state index in [1.807, 2.05) is 6.20 Å². The summed E-state index contributed by atoms with van der Waals surface area (Å²) in [6, 6.07) is 14.2. The molecule has 1 unspecified atom stereocenters. The van der Waals surface area contributed by atoms with Crippen molar-refractivity contribution in [1.82, 2.24) is 10.3 Å². The first-order valence-corrected chi connectivity index (χ1v) is 7.67. The monoisotopic (exact) mass is 264 g/mol. The van der Waals surface area contributed by atoms with Gasteiger partial charge in [-0.25, -0.2) is 0 Å². The molecule has 1 aromatic heterocycles. The lowest BCUT2D eigenvalue weighted by atomic mass is 9.91. The second-order valence-corrected chi connectivity index (χ2v) is 6.03. The van der Waals surface area contributed by atoms with Crippen LogP contribution in [0.4, 0.5) is 0 Å². The minimum absolute atomic E-state index is 0.444. The van der Waals surface area contributed by atoms with Crippen LogP contribution in [0.2, 0.25) is 0 Å². The number of hydrogen-bond donors (Lipinski definition) is 1. The van der Waals surface area contributed by atoms with Crippen LogP contribution in [0.15, 0.2) is 42.6 Å². The van der Waals surface area contributed by atoms with Gasteiger partial charge in [-0.05, 0) is 54.9 Å². The molecule has 0 aliphatic heterocycles. The normalized spacial score (nSPS) is 21.5. The molecule has 0 fully saturated rings. The van der Waals surface area contributed by atoms with Crippen LogP contribution in [0.5, 0.6) is 0 Å². The molecule has 1 N–H and O–H groups in total. The van der Waals surface area contributed by atoms with Crippen LogP contribution >= 0.6 is 0 Å². The largest absolute Gasteiger partial charge is 0.305 e. The quantitative estimate of drug-likeness (QED) is 0.901. The van der Waals surface area contributed by atoms with Gasteiger partial charge in [0.05, 0.1) is 5.69 Å². The smallest absolute Gasteiger partial charge is 0.0605 e. The number of aryl methyl sites for hydroxylation is 1. The molecule has 2 heteroatoms. The summed E-state index contributed by atoms with van der Waals surface area (Å²) < 4.78 is 0. The van der Waals surface area contributed by atoms with Gasteiger partial charge >= 0.3 is 0 Å². The van der Waals surface area contributed by atoms with E-state index in [2.05, 4.69) is 46.7 Å². The maximum Gasteiger partial charge on any atom is 0.0605 e. The predicted molar refractivity (Wildman–Crippen MR) is 80.7 cm³/mol. The number of pyridine rings is 1. The average Bonchev–Trinajstić information content (AvgIpc) is 2.90. The van der Waals surface area contributed by atoms with Crippen LogP contribution < -0.4 is 5.32 Å². The minimum Gasteiger partial charge on any atom is -0.305 e. The van der Waals surface area contributed by atoms with Crippen molar-refractivity contribution in [3.63, 3.8) is 0 Å². The molecule has 0 spiro atoms. The van der Waals surface area contributed by atoms with Gasteiger partial charge in [-0.1, -0.05) is 30.3 Å². The molecule has 1 aromatic carbocycles. The molecular weight excluding hydrogens is 244 g/mol. The van der Waals surface area contributed by atoms with E-state index in [1.54, 1.807) is 0 Å². The molecule has 1 atom stereocenters. The van der Waals surface area contributed by atoms with Gasteiger partial charge in [0.1, 0.15) is 0 Å². The number of fused-ring (bicyclic) bond motifs is 2. The van der Waals surface area contributed by atoms with Crippen molar-refractivity contribution < 1.29 is 0 Å². The molecule has 0 amide bonds. The van der Waals surface area contributed by atoms with Crippen LogP contribution in [0.1, 0.15) is 41.3 Å². The van der Waals surface area contributed by atoms with Crippen molar-refractivity contribution in [3.8, 4) is 0 Å². The van der Waals surface area contributed by atoms with E-state index in [0.717, 1.165) is 12.8 Å². The second kappa shape index (κ2) is 5.02. The Hall–Kier alpha value is -1.67. The van der Waals surface area contributed by atoms with E-state index in [4.69, 9.17) is 0 Å². The zero-order valence-electron chi connectivity index (χ0n) is 11.7. The molecule has 0 radical (unpaired) electrons. The van der Waals surface area contributed by atoms with Gasteiger partial charge in [0, 0.05) is 18.3 Å². The lowest BCUT2D eigenvalue weighted by Gasteiger charge is -2.28. The Labute approximate surface area is 120 Å². The summed E-state index contributed by atoms with van der Waals surface area (Å²) in [5.41, 5.74) is 5.76. The van der Waals surface area contributed by atoms with E-state index in [-0.39, 0.29) is 0 Å². The SMILES string of the molecule is c1ccc2c(c1)CC(NC1CCCc3cccnc31)C2. The first-order chi connectivity index (χ1) is 9.90. The number of nitrogens with one attached hydrogen (secondary N) is 1. The molecule has 20 heavy (non-hydrogen) atoms. The van der Waals surface area contributed by atoms with Gasteiger partial charge in [0.25, 0.3) is 0 Å². The number of benzene rings is 1. The van der Waals surface area contributed by atoms with Crippen LogP contribution in [0.25, 0.3) is 0 Å². The zero-order valence-corrected chi connectivity index (χ0v) is 11.7. The lowest BCUT2D eigenvalue weighted by molar-refractivity contribution is 0.393. The van der Waals surface area contributed by atoms with Gasteiger partial charge in [-0.15, -0.1) is 0 Å². The highest BCUT2D eigenvalue weighted by molar-refractivity contribution is 5.34.